The summed E-state index contributed by atoms with van der Waals surface area (Å²) in [4.78, 5) is 11.8. The van der Waals surface area contributed by atoms with E-state index < -0.39 is 0 Å². The maximum absolute atomic E-state index is 11.8. The lowest BCUT2D eigenvalue weighted by Gasteiger charge is -2.21. The second-order valence-electron chi connectivity index (χ2n) is 5.00. The molecule has 1 unspecified atom stereocenters. The number of esters is 1. The molecule has 1 atom stereocenters. The summed E-state index contributed by atoms with van der Waals surface area (Å²) in [7, 11) is 1.57. The van der Waals surface area contributed by atoms with Crippen LogP contribution in [0.25, 0.3) is 5.76 Å². The van der Waals surface area contributed by atoms with Gasteiger partial charge in [0.1, 0.15) is 11.5 Å². The maximum atomic E-state index is 11.8. The summed E-state index contributed by atoms with van der Waals surface area (Å²) in [5, 5.41) is 0. The van der Waals surface area contributed by atoms with Gasteiger partial charge in [0.15, 0.2) is 6.29 Å². The van der Waals surface area contributed by atoms with E-state index >= 15 is 0 Å². The van der Waals surface area contributed by atoms with Crippen LogP contribution in [0.15, 0.2) is 24.3 Å². The quantitative estimate of drug-likeness (QED) is 0.798. The monoisotopic (exact) mass is 290 g/mol. The molecule has 1 aromatic rings. The molecule has 1 aromatic carbocycles. The highest BCUT2D eigenvalue weighted by Gasteiger charge is 2.26. The zero-order valence-corrected chi connectivity index (χ0v) is 12.0. The van der Waals surface area contributed by atoms with Crippen molar-refractivity contribution in [3.8, 4) is 5.75 Å². The van der Waals surface area contributed by atoms with Crippen LogP contribution in [0.5, 0.6) is 5.75 Å². The highest BCUT2D eigenvalue weighted by atomic mass is 16.7. The fraction of sp³-hybridized carbons (Fsp3) is 0.438. The van der Waals surface area contributed by atoms with Crippen LogP contribution in [0.4, 0.5) is 0 Å². The molecule has 0 saturated carbocycles. The van der Waals surface area contributed by atoms with E-state index in [-0.39, 0.29) is 12.3 Å². The number of carbonyl (C=O) groups is 1. The highest BCUT2D eigenvalue weighted by molar-refractivity contribution is 6.03. The molecule has 112 valence electrons. The molecular formula is C16H18O5. The molecule has 0 radical (unpaired) electrons. The van der Waals surface area contributed by atoms with Gasteiger partial charge in [0.2, 0.25) is 0 Å². The Labute approximate surface area is 123 Å². The molecule has 5 nitrogen and oxygen atoms in total. The maximum Gasteiger partial charge on any atom is 0.344 e. The highest BCUT2D eigenvalue weighted by Crippen LogP contribution is 2.32. The van der Waals surface area contributed by atoms with Crippen molar-refractivity contribution in [2.45, 2.75) is 25.6 Å². The van der Waals surface area contributed by atoms with Gasteiger partial charge in [-0.2, -0.15) is 0 Å². The van der Waals surface area contributed by atoms with Crippen molar-refractivity contribution in [1.82, 2.24) is 0 Å². The summed E-state index contributed by atoms with van der Waals surface area (Å²) in [6.07, 6.45) is 4.75. The molecule has 0 amide bonds. The predicted octanol–water partition coefficient (Wildman–Crippen LogP) is 2.75. The fourth-order valence-electron chi connectivity index (χ4n) is 2.47. The number of carbonyl (C=O) groups excluding carboxylic acids is 1. The van der Waals surface area contributed by atoms with Crippen molar-refractivity contribution in [3.63, 3.8) is 0 Å². The minimum Gasteiger partial charge on any atom is -0.497 e. The van der Waals surface area contributed by atoms with E-state index in [1.54, 1.807) is 25.3 Å². The van der Waals surface area contributed by atoms with Crippen LogP contribution in [0.1, 0.15) is 35.2 Å². The Bertz CT molecular complexity index is 558. The van der Waals surface area contributed by atoms with Crippen molar-refractivity contribution < 1.29 is 23.7 Å². The van der Waals surface area contributed by atoms with Gasteiger partial charge in [-0.3, -0.25) is 0 Å². The van der Waals surface area contributed by atoms with Crippen LogP contribution in [0.2, 0.25) is 0 Å². The average Bonchev–Trinajstić information content (AvgIpc) is 2.84. The second-order valence-corrected chi connectivity index (χ2v) is 5.00. The Balaban J connectivity index is 1.67. The van der Waals surface area contributed by atoms with Crippen LogP contribution >= 0.6 is 0 Å². The number of cyclic esters (lactones) is 1. The molecule has 5 heteroatoms. The third-order valence-electron chi connectivity index (χ3n) is 3.60. The Kier molecular flexibility index (Phi) is 4.22. The number of hydrogen-bond donors (Lipinski definition) is 0. The Hall–Kier alpha value is -1.85. The number of ether oxygens (including phenoxy) is 4. The fourth-order valence-corrected chi connectivity index (χ4v) is 2.47. The second kappa shape index (κ2) is 6.28. The molecule has 3 rings (SSSR count). The normalized spacial score (nSPS) is 23.0. The molecule has 0 bridgehead atoms. The first kappa shape index (κ1) is 14.1. The van der Waals surface area contributed by atoms with Crippen LogP contribution in [0.3, 0.4) is 0 Å². The number of fused-ring (bicyclic) bond motifs is 1. The lowest BCUT2D eigenvalue weighted by Crippen LogP contribution is -2.22. The summed E-state index contributed by atoms with van der Waals surface area (Å²) in [6.45, 7) is 1.11. The van der Waals surface area contributed by atoms with Crippen molar-refractivity contribution in [3.05, 3.63) is 35.4 Å². The zero-order chi connectivity index (χ0) is 14.7. The Morgan fingerprint density at radius 2 is 2.24 bits per heavy atom. The van der Waals surface area contributed by atoms with Gasteiger partial charge in [0, 0.05) is 12.2 Å². The van der Waals surface area contributed by atoms with E-state index in [1.165, 1.54) is 0 Å². The van der Waals surface area contributed by atoms with Crippen molar-refractivity contribution in [2.75, 3.05) is 20.3 Å². The van der Waals surface area contributed by atoms with Crippen LogP contribution in [0, 0.1) is 0 Å². The Morgan fingerprint density at radius 3 is 3.00 bits per heavy atom. The van der Waals surface area contributed by atoms with E-state index in [4.69, 9.17) is 18.9 Å². The number of hydrogen-bond acceptors (Lipinski definition) is 5. The van der Waals surface area contributed by atoms with Gasteiger partial charge in [-0.1, -0.05) is 0 Å². The molecule has 1 saturated heterocycles. The predicted molar refractivity (Wildman–Crippen MR) is 75.9 cm³/mol. The standard InChI is InChI=1S/C16H18O5/c1-18-11-5-6-12-13(10-11)16(17)21-14(12)7-9-20-15-4-2-3-8-19-15/h5-7,10,15H,2-4,8-9H2,1H3/b14-7-. The third kappa shape index (κ3) is 3.09. The topological polar surface area (TPSA) is 54.0 Å². The van der Waals surface area contributed by atoms with E-state index in [9.17, 15) is 4.79 Å². The molecule has 1 fully saturated rings. The molecule has 2 heterocycles. The summed E-state index contributed by atoms with van der Waals surface area (Å²) in [5.74, 6) is 0.816. The molecule has 21 heavy (non-hydrogen) atoms. The first-order valence-electron chi connectivity index (χ1n) is 7.12. The van der Waals surface area contributed by atoms with Crippen LogP contribution in [-0.2, 0) is 14.2 Å². The lowest BCUT2D eigenvalue weighted by atomic mass is 10.1. The molecule has 2 aliphatic heterocycles. The minimum absolute atomic E-state index is 0.150. The average molecular weight is 290 g/mol. The van der Waals surface area contributed by atoms with E-state index in [0.717, 1.165) is 31.4 Å². The van der Waals surface area contributed by atoms with Crippen molar-refractivity contribution in [1.29, 1.82) is 0 Å². The Morgan fingerprint density at radius 1 is 1.33 bits per heavy atom. The van der Waals surface area contributed by atoms with Crippen LogP contribution in [-0.4, -0.2) is 32.6 Å². The third-order valence-corrected chi connectivity index (χ3v) is 3.60. The van der Waals surface area contributed by atoms with E-state index in [0.29, 0.717) is 23.7 Å². The number of methoxy groups -OCH3 is 1. The summed E-state index contributed by atoms with van der Waals surface area (Å²) in [5.41, 5.74) is 1.29. The number of rotatable bonds is 4. The van der Waals surface area contributed by atoms with Gasteiger partial charge in [-0.15, -0.1) is 0 Å². The van der Waals surface area contributed by atoms with Gasteiger partial charge in [-0.25, -0.2) is 4.79 Å². The van der Waals surface area contributed by atoms with Crippen molar-refractivity contribution in [2.24, 2.45) is 0 Å². The molecule has 0 spiro atoms. The van der Waals surface area contributed by atoms with Gasteiger partial charge < -0.3 is 18.9 Å². The summed E-state index contributed by atoms with van der Waals surface area (Å²) < 4.78 is 21.5. The van der Waals surface area contributed by atoms with Crippen LogP contribution < -0.4 is 4.74 Å². The smallest absolute Gasteiger partial charge is 0.344 e. The van der Waals surface area contributed by atoms with Crippen molar-refractivity contribution >= 4 is 11.7 Å². The van der Waals surface area contributed by atoms with Gasteiger partial charge in [0.05, 0.1) is 19.3 Å². The molecule has 0 N–H and O–H groups in total. The number of benzene rings is 1. The van der Waals surface area contributed by atoms with Gasteiger partial charge in [-0.05, 0) is 43.5 Å². The largest absolute Gasteiger partial charge is 0.497 e. The summed E-state index contributed by atoms with van der Waals surface area (Å²) in [6, 6.07) is 5.31. The molecule has 0 aliphatic carbocycles. The zero-order valence-electron chi connectivity index (χ0n) is 12.0. The minimum atomic E-state index is -0.357. The molecular weight excluding hydrogens is 272 g/mol. The SMILES string of the molecule is COc1ccc2c(c1)C(=O)O/C2=C\COC1CCCCO1. The summed E-state index contributed by atoms with van der Waals surface area (Å²) >= 11 is 0. The van der Waals surface area contributed by atoms with Gasteiger partial charge >= 0.3 is 5.97 Å². The van der Waals surface area contributed by atoms with E-state index in [2.05, 4.69) is 0 Å². The first-order chi connectivity index (χ1) is 10.3. The van der Waals surface area contributed by atoms with Gasteiger partial charge in [0.25, 0.3) is 0 Å². The lowest BCUT2D eigenvalue weighted by molar-refractivity contribution is -0.155. The molecule has 2 aliphatic rings. The molecule has 0 aromatic heterocycles. The van der Waals surface area contributed by atoms with E-state index in [1.807, 2.05) is 6.07 Å². The first-order valence-corrected chi connectivity index (χ1v) is 7.12.